The van der Waals surface area contributed by atoms with Crippen LogP contribution in [-0.2, 0) is 4.79 Å². The Morgan fingerprint density at radius 2 is 1.76 bits per heavy atom. The van der Waals surface area contributed by atoms with Crippen LogP contribution in [0.2, 0.25) is 0 Å². The van der Waals surface area contributed by atoms with Gasteiger partial charge in [-0.15, -0.1) is 12.6 Å². The van der Waals surface area contributed by atoms with E-state index < -0.39 is 0 Å². The molecule has 1 aromatic rings. The molecule has 0 aliphatic rings. The SMILES string of the molecule is CC(C)CC(CC(=O)c1ccccc1)C(=O)S. The summed E-state index contributed by atoms with van der Waals surface area (Å²) < 4.78 is 0. The van der Waals surface area contributed by atoms with Gasteiger partial charge in [0.05, 0.1) is 0 Å². The first-order chi connectivity index (χ1) is 8.00. The third-order valence-electron chi connectivity index (χ3n) is 2.63. The monoisotopic (exact) mass is 250 g/mol. The standard InChI is InChI=1S/C14H18O2S/c1-10(2)8-12(14(16)17)9-13(15)11-6-4-3-5-7-11/h3-7,10,12H,8-9H2,1-2H3,(H,16,17). The first kappa shape index (κ1) is 14.0. The van der Waals surface area contributed by atoms with Crippen LogP contribution in [-0.4, -0.2) is 10.9 Å². The molecule has 0 fully saturated rings. The highest BCUT2D eigenvalue weighted by atomic mass is 32.1. The van der Waals surface area contributed by atoms with Gasteiger partial charge >= 0.3 is 0 Å². The van der Waals surface area contributed by atoms with E-state index in [9.17, 15) is 9.59 Å². The topological polar surface area (TPSA) is 34.1 Å². The average molecular weight is 250 g/mol. The number of Topliss-reactive ketones (excluding diaryl/α,β-unsaturated/α-hetero) is 1. The zero-order valence-corrected chi connectivity index (χ0v) is 11.1. The van der Waals surface area contributed by atoms with Gasteiger partial charge in [-0.1, -0.05) is 44.2 Å². The highest BCUT2D eigenvalue weighted by Crippen LogP contribution is 2.20. The van der Waals surface area contributed by atoms with Gasteiger partial charge in [0.2, 0.25) is 0 Å². The number of hydrogen-bond acceptors (Lipinski definition) is 2. The van der Waals surface area contributed by atoms with E-state index in [-0.39, 0.29) is 23.2 Å². The molecule has 2 nitrogen and oxygen atoms in total. The van der Waals surface area contributed by atoms with E-state index >= 15 is 0 Å². The van der Waals surface area contributed by atoms with Gasteiger partial charge in [0.15, 0.2) is 10.9 Å². The van der Waals surface area contributed by atoms with E-state index in [1.54, 1.807) is 12.1 Å². The number of rotatable bonds is 6. The third-order valence-corrected chi connectivity index (χ3v) is 3.00. The summed E-state index contributed by atoms with van der Waals surface area (Å²) in [5, 5.41) is -0.192. The smallest absolute Gasteiger partial charge is 0.189 e. The second kappa shape index (κ2) is 6.60. The normalized spacial score (nSPS) is 12.5. The van der Waals surface area contributed by atoms with Crippen LogP contribution in [0.5, 0.6) is 0 Å². The van der Waals surface area contributed by atoms with Crippen LogP contribution in [0.15, 0.2) is 30.3 Å². The van der Waals surface area contributed by atoms with Gasteiger partial charge in [0, 0.05) is 17.9 Å². The van der Waals surface area contributed by atoms with Crippen molar-refractivity contribution in [1.29, 1.82) is 0 Å². The minimum atomic E-state index is -0.272. The fraction of sp³-hybridized carbons (Fsp3) is 0.429. The maximum absolute atomic E-state index is 12.0. The molecule has 1 atom stereocenters. The van der Waals surface area contributed by atoms with E-state index in [1.807, 2.05) is 32.0 Å². The molecule has 0 saturated heterocycles. The van der Waals surface area contributed by atoms with Gasteiger partial charge < -0.3 is 0 Å². The maximum atomic E-state index is 12.0. The highest BCUT2D eigenvalue weighted by molar-refractivity contribution is 7.96. The molecule has 1 rings (SSSR count). The molecule has 0 aromatic heterocycles. The van der Waals surface area contributed by atoms with Crippen LogP contribution in [0.25, 0.3) is 0 Å². The molecule has 0 spiro atoms. The van der Waals surface area contributed by atoms with Crippen molar-refractivity contribution in [2.75, 3.05) is 0 Å². The molecule has 92 valence electrons. The number of carbonyl (C=O) groups excluding carboxylic acids is 2. The molecule has 0 heterocycles. The maximum Gasteiger partial charge on any atom is 0.189 e. The first-order valence-electron chi connectivity index (χ1n) is 5.81. The average Bonchev–Trinajstić information content (AvgIpc) is 2.28. The predicted octanol–water partition coefficient (Wildman–Crippen LogP) is 3.38. The van der Waals surface area contributed by atoms with Gasteiger partial charge in [-0.2, -0.15) is 0 Å². The van der Waals surface area contributed by atoms with Gasteiger partial charge in [0.25, 0.3) is 0 Å². The molecule has 3 heteroatoms. The minimum absolute atomic E-state index is 0.0126. The fourth-order valence-electron chi connectivity index (χ4n) is 1.81. The van der Waals surface area contributed by atoms with E-state index in [0.29, 0.717) is 17.9 Å². The van der Waals surface area contributed by atoms with Crippen LogP contribution in [0.3, 0.4) is 0 Å². The largest absolute Gasteiger partial charge is 0.294 e. The quantitative estimate of drug-likeness (QED) is 0.620. The van der Waals surface area contributed by atoms with Crippen molar-refractivity contribution in [3.05, 3.63) is 35.9 Å². The Hall–Kier alpha value is -1.09. The molecule has 0 amide bonds. The minimum Gasteiger partial charge on any atom is -0.294 e. The molecule has 1 aromatic carbocycles. The zero-order chi connectivity index (χ0) is 12.8. The number of thiol groups is 1. The molecule has 0 saturated carbocycles. The summed E-state index contributed by atoms with van der Waals surface area (Å²) in [6.07, 6.45) is 0.964. The second-order valence-corrected chi connectivity index (χ2v) is 5.10. The number of benzene rings is 1. The Kier molecular flexibility index (Phi) is 5.42. The fourth-order valence-corrected chi connectivity index (χ4v) is 2.00. The highest BCUT2D eigenvalue weighted by Gasteiger charge is 2.21. The Bertz CT molecular complexity index is 384. The van der Waals surface area contributed by atoms with Crippen molar-refractivity contribution < 1.29 is 9.59 Å². The van der Waals surface area contributed by atoms with E-state index in [2.05, 4.69) is 12.6 Å². The lowest BCUT2D eigenvalue weighted by molar-refractivity contribution is -0.114. The molecule has 0 aliphatic carbocycles. The van der Waals surface area contributed by atoms with Crippen LogP contribution < -0.4 is 0 Å². The summed E-state index contributed by atoms with van der Waals surface area (Å²) in [6, 6.07) is 9.07. The molecular weight excluding hydrogens is 232 g/mol. The van der Waals surface area contributed by atoms with E-state index in [0.717, 1.165) is 0 Å². The van der Waals surface area contributed by atoms with Crippen LogP contribution >= 0.6 is 12.6 Å². The van der Waals surface area contributed by atoms with Gasteiger partial charge in [-0.3, -0.25) is 9.59 Å². The Balaban J connectivity index is 2.68. The summed E-state index contributed by atoms with van der Waals surface area (Å²) in [5.74, 6) is 0.129. The summed E-state index contributed by atoms with van der Waals surface area (Å²) in [4.78, 5) is 23.3. The van der Waals surface area contributed by atoms with E-state index in [1.165, 1.54) is 0 Å². The molecule has 1 unspecified atom stereocenters. The molecule has 0 radical (unpaired) electrons. The zero-order valence-electron chi connectivity index (χ0n) is 10.2. The van der Waals surface area contributed by atoms with Gasteiger partial charge in [-0.05, 0) is 12.3 Å². The Labute approximate surface area is 108 Å². The van der Waals surface area contributed by atoms with Crippen LogP contribution in [0.4, 0.5) is 0 Å². The van der Waals surface area contributed by atoms with Crippen molar-refractivity contribution >= 4 is 23.5 Å². The molecule has 0 aliphatic heterocycles. The molecule has 0 bridgehead atoms. The molecular formula is C14H18O2S. The van der Waals surface area contributed by atoms with E-state index in [4.69, 9.17) is 0 Å². The summed E-state index contributed by atoms with van der Waals surface area (Å²) in [5.41, 5.74) is 0.663. The van der Waals surface area contributed by atoms with Crippen molar-refractivity contribution in [2.45, 2.75) is 26.7 Å². The van der Waals surface area contributed by atoms with Gasteiger partial charge in [-0.25, -0.2) is 0 Å². The summed E-state index contributed by atoms with van der Waals surface area (Å²) in [7, 11) is 0. The lowest BCUT2D eigenvalue weighted by Gasteiger charge is -2.14. The lowest BCUT2D eigenvalue weighted by Crippen LogP contribution is -2.16. The predicted molar refractivity (Wildman–Crippen MR) is 72.3 cm³/mol. The van der Waals surface area contributed by atoms with Gasteiger partial charge in [0.1, 0.15) is 0 Å². The molecule has 17 heavy (non-hydrogen) atoms. The number of carbonyl (C=O) groups is 2. The van der Waals surface area contributed by atoms with Crippen LogP contribution in [0, 0.1) is 11.8 Å². The van der Waals surface area contributed by atoms with Crippen LogP contribution in [0.1, 0.15) is 37.0 Å². The Morgan fingerprint density at radius 3 is 2.24 bits per heavy atom. The third kappa shape index (κ3) is 4.73. The number of hydrogen-bond donors (Lipinski definition) is 1. The van der Waals surface area contributed by atoms with Crippen molar-refractivity contribution in [3.63, 3.8) is 0 Å². The summed E-state index contributed by atoms with van der Waals surface area (Å²) >= 11 is 3.86. The van der Waals surface area contributed by atoms with Crippen molar-refractivity contribution in [3.8, 4) is 0 Å². The first-order valence-corrected chi connectivity index (χ1v) is 6.26. The number of ketones is 1. The van der Waals surface area contributed by atoms with Crippen molar-refractivity contribution in [1.82, 2.24) is 0 Å². The second-order valence-electron chi connectivity index (χ2n) is 4.66. The molecule has 0 N–H and O–H groups in total. The Morgan fingerprint density at radius 1 is 1.18 bits per heavy atom. The lowest BCUT2D eigenvalue weighted by atomic mass is 9.91. The van der Waals surface area contributed by atoms with Crippen molar-refractivity contribution in [2.24, 2.45) is 11.8 Å². The summed E-state index contributed by atoms with van der Waals surface area (Å²) in [6.45, 7) is 4.08.